The van der Waals surface area contributed by atoms with Gasteiger partial charge in [0.25, 0.3) is 0 Å². The minimum Gasteiger partial charge on any atom is -0.466 e. The van der Waals surface area contributed by atoms with Gasteiger partial charge in [-0.15, -0.1) is 0 Å². The van der Waals surface area contributed by atoms with Crippen molar-refractivity contribution < 1.29 is 9.53 Å². The first-order chi connectivity index (χ1) is 8.29. The number of hydrogen-bond donors (Lipinski definition) is 1. The molecule has 1 saturated heterocycles. The van der Waals surface area contributed by atoms with Crippen LogP contribution < -0.4 is 5.32 Å². The zero-order valence-electron chi connectivity index (χ0n) is 10.6. The molecule has 0 aromatic heterocycles. The monoisotopic (exact) mass is 257 g/mol. The van der Waals surface area contributed by atoms with Crippen molar-refractivity contribution in [1.29, 1.82) is 0 Å². The third kappa shape index (κ3) is 3.88. The fourth-order valence-corrected chi connectivity index (χ4v) is 3.98. The van der Waals surface area contributed by atoms with Crippen LogP contribution in [0.2, 0.25) is 0 Å². The van der Waals surface area contributed by atoms with Crippen LogP contribution in [0.4, 0.5) is 0 Å². The SMILES string of the molecule is CCOC(=O)C1CCCC(NC2CCSC2)C1. The molecule has 0 aromatic rings. The summed E-state index contributed by atoms with van der Waals surface area (Å²) in [5.41, 5.74) is 0. The lowest BCUT2D eigenvalue weighted by Gasteiger charge is -2.30. The first-order valence-electron chi connectivity index (χ1n) is 6.80. The number of ether oxygens (including phenoxy) is 1. The number of nitrogens with one attached hydrogen (secondary N) is 1. The molecule has 1 heterocycles. The second-order valence-corrected chi connectivity index (χ2v) is 6.19. The van der Waals surface area contributed by atoms with Crippen molar-refractivity contribution in [3.63, 3.8) is 0 Å². The zero-order chi connectivity index (χ0) is 12.1. The molecule has 0 bridgehead atoms. The zero-order valence-corrected chi connectivity index (χ0v) is 11.4. The van der Waals surface area contributed by atoms with Gasteiger partial charge in [-0.1, -0.05) is 6.42 Å². The minimum atomic E-state index is 0.0137. The molecule has 2 fully saturated rings. The van der Waals surface area contributed by atoms with Gasteiger partial charge in [-0.3, -0.25) is 4.79 Å². The molecule has 1 N–H and O–H groups in total. The molecule has 1 aliphatic heterocycles. The summed E-state index contributed by atoms with van der Waals surface area (Å²) >= 11 is 2.03. The normalized spacial score (nSPS) is 33.6. The molecule has 98 valence electrons. The first-order valence-corrected chi connectivity index (χ1v) is 7.95. The van der Waals surface area contributed by atoms with Crippen LogP contribution in [0.15, 0.2) is 0 Å². The van der Waals surface area contributed by atoms with Gasteiger partial charge in [0, 0.05) is 17.8 Å². The molecule has 3 atom stereocenters. The van der Waals surface area contributed by atoms with Crippen LogP contribution in [-0.2, 0) is 9.53 Å². The molecule has 0 radical (unpaired) electrons. The van der Waals surface area contributed by atoms with Gasteiger partial charge in [0.2, 0.25) is 0 Å². The van der Waals surface area contributed by atoms with Crippen molar-refractivity contribution >= 4 is 17.7 Å². The molecule has 3 nitrogen and oxygen atoms in total. The molecule has 17 heavy (non-hydrogen) atoms. The summed E-state index contributed by atoms with van der Waals surface area (Å²) in [7, 11) is 0. The number of carbonyl (C=O) groups excluding carboxylic acids is 1. The van der Waals surface area contributed by atoms with E-state index >= 15 is 0 Å². The maximum atomic E-state index is 11.7. The summed E-state index contributed by atoms with van der Waals surface area (Å²) in [6.45, 7) is 2.39. The molecule has 0 aromatic carbocycles. The summed E-state index contributed by atoms with van der Waals surface area (Å²) in [6.07, 6.45) is 5.64. The Morgan fingerprint density at radius 3 is 2.94 bits per heavy atom. The van der Waals surface area contributed by atoms with Gasteiger partial charge in [-0.2, -0.15) is 11.8 Å². The lowest BCUT2D eigenvalue weighted by molar-refractivity contribution is -0.149. The van der Waals surface area contributed by atoms with Crippen molar-refractivity contribution in [3.05, 3.63) is 0 Å². The molecular formula is C13H23NO2S. The highest BCUT2D eigenvalue weighted by molar-refractivity contribution is 7.99. The molecule has 0 amide bonds. The van der Waals surface area contributed by atoms with E-state index in [2.05, 4.69) is 5.32 Å². The Labute approximate surface area is 108 Å². The van der Waals surface area contributed by atoms with Crippen LogP contribution in [0.3, 0.4) is 0 Å². The van der Waals surface area contributed by atoms with E-state index < -0.39 is 0 Å². The summed E-state index contributed by atoms with van der Waals surface area (Å²) in [6, 6.07) is 1.20. The quantitative estimate of drug-likeness (QED) is 0.784. The van der Waals surface area contributed by atoms with E-state index in [4.69, 9.17) is 4.74 Å². The number of rotatable bonds is 4. The van der Waals surface area contributed by atoms with Gasteiger partial charge in [-0.05, 0) is 38.4 Å². The van der Waals surface area contributed by atoms with Crippen molar-refractivity contribution in [2.75, 3.05) is 18.1 Å². The van der Waals surface area contributed by atoms with Crippen molar-refractivity contribution in [2.45, 2.75) is 51.1 Å². The Kier molecular flexibility index (Phi) is 5.16. The summed E-state index contributed by atoms with van der Waals surface area (Å²) in [4.78, 5) is 11.7. The molecule has 1 saturated carbocycles. The van der Waals surface area contributed by atoms with Gasteiger partial charge in [0.05, 0.1) is 12.5 Å². The topological polar surface area (TPSA) is 38.3 Å². The second-order valence-electron chi connectivity index (χ2n) is 5.04. The summed E-state index contributed by atoms with van der Waals surface area (Å²) < 4.78 is 5.13. The number of esters is 1. The Balaban J connectivity index is 1.77. The van der Waals surface area contributed by atoms with Crippen molar-refractivity contribution in [2.24, 2.45) is 5.92 Å². The van der Waals surface area contributed by atoms with Crippen molar-refractivity contribution in [1.82, 2.24) is 5.32 Å². The molecule has 0 spiro atoms. The first kappa shape index (κ1) is 13.2. The maximum Gasteiger partial charge on any atom is 0.308 e. The van der Waals surface area contributed by atoms with Crippen LogP contribution in [0.1, 0.15) is 39.0 Å². The van der Waals surface area contributed by atoms with E-state index in [1.807, 2.05) is 18.7 Å². The lowest BCUT2D eigenvalue weighted by atomic mass is 9.85. The van der Waals surface area contributed by atoms with E-state index in [0.29, 0.717) is 18.7 Å². The number of hydrogen-bond acceptors (Lipinski definition) is 4. The van der Waals surface area contributed by atoms with Crippen LogP contribution in [0.5, 0.6) is 0 Å². The van der Waals surface area contributed by atoms with E-state index in [-0.39, 0.29) is 11.9 Å². The Hall–Kier alpha value is -0.220. The second kappa shape index (κ2) is 6.64. The van der Waals surface area contributed by atoms with Crippen LogP contribution in [-0.4, -0.2) is 36.2 Å². The smallest absolute Gasteiger partial charge is 0.308 e. The minimum absolute atomic E-state index is 0.0137. The number of carbonyl (C=O) groups is 1. The van der Waals surface area contributed by atoms with Gasteiger partial charge in [0.15, 0.2) is 0 Å². The van der Waals surface area contributed by atoms with Gasteiger partial charge < -0.3 is 10.1 Å². The number of thioether (sulfide) groups is 1. The van der Waals surface area contributed by atoms with Crippen molar-refractivity contribution in [3.8, 4) is 0 Å². The molecule has 3 unspecified atom stereocenters. The highest BCUT2D eigenvalue weighted by Crippen LogP contribution is 2.27. The molecule has 2 rings (SSSR count). The average Bonchev–Trinajstić information content (AvgIpc) is 2.82. The Bertz CT molecular complexity index is 254. The lowest BCUT2D eigenvalue weighted by Crippen LogP contribution is -2.42. The third-order valence-corrected chi connectivity index (χ3v) is 4.86. The molecular weight excluding hydrogens is 234 g/mol. The fourth-order valence-electron chi connectivity index (χ4n) is 2.81. The summed E-state index contributed by atoms with van der Waals surface area (Å²) in [5.74, 6) is 2.67. The van der Waals surface area contributed by atoms with Crippen LogP contribution in [0, 0.1) is 5.92 Å². The van der Waals surface area contributed by atoms with Crippen LogP contribution in [0.25, 0.3) is 0 Å². The third-order valence-electron chi connectivity index (χ3n) is 3.70. The van der Waals surface area contributed by atoms with E-state index in [0.717, 1.165) is 19.3 Å². The van der Waals surface area contributed by atoms with Gasteiger partial charge in [0.1, 0.15) is 0 Å². The predicted molar refractivity (Wildman–Crippen MR) is 71.2 cm³/mol. The van der Waals surface area contributed by atoms with Gasteiger partial charge in [-0.25, -0.2) is 0 Å². The molecule has 2 aliphatic rings. The fraction of sp³-hybridized carbons (Fsp3) is 0.923. The largest absolute Gasteiger partial charge is 0.466 e. The van der Waals surface area contributed by atoms with E-state index in [9.17, 15) is 4.79 Å². The van der Waals surface area contributed by atoms with Gasteiger partial charge >= 0.3 is 5.97 Å². The maximum absolute atomic E-state index is 11.7. The van der Waals surface area contributed by atoms with E-state index in [1.54, 1.807) is 0 Å². The Morgan fingerprint density at radius 2 is 2.24 bits per heavy atom. The summed E-state index contributed by atoms with van der Waals surface area (Å²) in [5, 5.41) is 3.72. The van der Waals surface area contributed by atoms with E-state index in [1.165, 1.54) is 24.3 Å². The highest BCUT2D eigenvalue weighted by atomic mass is 32.2. The standard InChI is InChI=1S/C13H23NO2S/c1-2-16-13(15)10-4-3-5-11(8-10)14-12-6-7-17-9-12/h10-12,14H,2-9H2,1H3. The Morgan fingerprint density at radius 1 is 1.35 bits per heavy atom. The molecule has 1 aliphatic carbocycles. The predicted octanol–water partition coefficient (Wildman–Crippen LogP) is 2.20. The average molecular weight is 257 g/mol. The highest BCUT2D eigenvalue weighted by Gasteiger charge is 2.29. The van der Waals surface area contributed by atoms with Crippen LogP contribution >= 0.6 is 11.8 Å². The molecule has 4 heteroatoms.